The largest absolute Gasteiger partial charge is 0.469 e. The van der Waals surface area contributed by atoms with Crippen LogP contribution in [0.4, 0.5) is 0 Å². The van der Waals surface area contributed by atoms with Crippen LogP contribution in [0.15, 0.2) is 28.7 Å². The average molecular weight is 365 g/mol. The summed E-state index contributed by atoms with van der Waals surface area (Å²) in [4.78, 5) is 11.0. The van der Waals surface area contributed by atoms with Crippen LogP contribution < -0.4 is 4.72 Å². The van der Waals surface area contributed by atoms with Gasteiger partial charge in [0.1, 0.15) is 0 Å². The van der Waals surface area contributed by atoms with Crippen molar-refractivity contribution in [1.82, 2.24) is 9.03 Å². The molecule has 0 amide bonds. The first-order valence-corrected chi connectivity index (χ1v) is 8.10. The molecule has 0 saturated carbocycles. The van der Waals surface area contributed by atoms with Crippen molar-refractivity contribution in [2.24, 2.45) is 0 Å². The standard InChI is InChI=1S/C12H17BrN2O4S/c1-15(8-7-12(16)19-2)20(17,18)14-9-10-3-5-11(13)6-4-10/h3-6,14H,7-9H2,1-2H3. The van der Waals surface area contributed by atoms with Gasteiger partial charge in [0.2, 0.25) is 0 Å². The second-order valence-electron chi connectivity index (χ2n) is 4.10. The average Bonchev–Trinajstić information content (AvgIpc) is 2.43. The Balaban J connectivity index is 2.52. The molecule has 0 aliphatic rings. The lowest BCUT2D eigenvalue weighted by Gasteiger charge is -2.17. The zero-order valence-corrected chi connectivity index (χ0v) is 13.7. The predicted octanol–water partition coefficient (Wildman–Crippen LogP) is 1.28. The number of carbonyl (C=O) groups is 1. The van der Waals surface area contributed by atoms with E-state index in [2.05, 4.69) is 25.4 Å². The van der Waals surface area contributed by atoms with Gasteiger partial charge in [-0.15, -0.1) is 0 Å². The first-order chi connectivity index (χ1) is 9.35. The van der Waals surface area contributed by atoms with Gasteiger partial charge in [0.25, 0.3) is 10.2 Å². The number of carbonyl (C=O) groups excluding carboxylic acids is 1. The molecule has 1 N–H and O–H groups in total. The van der Waals surface area contributed by atoms with Gasteiger partial charge >= 0.3 is 5.97 Å². The molecule has 0 heterocycles. The zero-order chi connectivity index (χ0) is 15.2. The molecule has 0 atom stereocenters. The van der Waals surface area contributed by atoms with E-state index in [-0.39, 0.29) is 19.5 Å². The molecule has 8 heteroatoms. The highest BCUT2D eigenvalue weighted by Crippen LogP contribution is 2.10. The van der Waals surface area contributed by atoms with Crippen LogP contribution in [-0.4, -0.2) is 39.4 Å². The predicted molar refractivity (Wildman–Crippen MR) is 79.2 cm³/mol. The Kier molecular flexibility index (Phi) is 6.60. The third kappa shape index (κ3) is 5.58. The van der Waals surface area contributed by atoms with E-state index in [0.717, 1.165) is 14.3 Å². The SMILES string of the molecule is COC(=O)CCN(C)S(=O)(=O)NCc1ccc(Br)cc1. The quantitative estimate of drug-likeness (QED) is 0.739. The van der Waals surface area contributed by atoms with Crippen LogP contribution in [0, 0.1) is 0 Å². The fourth-order valence-electron chi connectivity index (χ4n) is 1.36. The molecule has 6 nitrogen and oxygen atoms in total. The Hall–Kier alpha value is -0.960. The highest BCUT2D eigenvalue weighted by Gasteiger charge is 2.18. The molecular weight excluding hydrogens is 348 g/mol. The molecule has 20 heavy (non-hydrogen) atoms. The van der Waals surface area contributed by atoms with Crippen LogP contribution in [0.1, 0.15) is 12.0 Å². The smallest absolute Gasteiger partial charge is 0.306 e. The minimum Gasteiger partial charge on any atom is -0.469 e. The van der Waals surface area contributed by atoms with Gasteiger partial charge in [-0.3, -0.25) is 4.79 Å². The van der Waals surface area contributed by atoms with Gasteiger partial charge in [-0.05, 0) is 17.7 Å². The van der Waals surface area contributed by atoms with Crippen LogP contribution in [0.25, 0.3) is 0 Å². The van der Waals surface area contributed by atoms with Gasteiger partial charge < -0.3 is 4.74 Å². The summed E-state index contributed by atoms with van der Waals surface area (Å²) in [6.45, 7) is 0.264. The number of benzene rings is 1. The second-order valence-corrected chi connectivity index (χ2v) is 6.88. The number of halogens is 1. The van der Waals surface area contributed by atoms with Crippen molar-refractivity contribution < 1.29 is 17.9 Å². The Morgan fingerprint density at radius 1 is 1.35 bits per heavy atom. The number of nitrogens with zero attached hydrogens (tertiary/aromatic N) is 1. The maximum absolute atomic E-state index is 11.9. The molecule has 0 fully saturated rings. The summed E-state index contributed by atoms with van der Waals surface area (Å²) in [7, 11) is -0.933. The van der Waals surface area contributed by atoms with Crippen LogP contribution in [0.2, 0.25) is 0 Å². The Morgan fingerprint density at radius 2 is 1.95 bits per heavy atom. The maximum Gasteiger partial charge on any atom is 0.306 e. The van der Waals surface area contributed by atoms with Gasteiger partial charge in [0.15, 0.2) is 0 Å². The fourth-order valence-corrected chi connectivity index (χ4v) is 2.52. The summed E-state index contributed by atoms with van der Waals surface area (Å²) in [5, 5.41) is 0. The van der Waals surface area contributed by atoms with Gasteiger partial charge in [-0.25, -0.2) is 0 Å². The van der Waals surface area contributed by atoms with Gasteiger partial charge in [-0.2, -0.15) is 17.4 Å². The van der Waals surface area contributed by atoms with Crippen molar-refractivity contribution in [3.8, 4) is 0 Å². The number of hydrogen-bond acceptors (Lipinski definition) is 4. The molecule has 0 aliphatic heterocycles. The van der Waals surface area contributed by atoms with E-state index in [1.807, 2.05) is 24.3 Å². The van der Waals surface area contributed by atoms with Crippen molar-refractivity contribution in [3.05, 3.63) is 34.3 Å². The number of methoxy groups -OCH3 is 1. The monoisotopic (exact) mass is 364 g/mol. The van der Waals surface area contributed by atoms with E-state index in [4.69, 9.17) is 0 Å². The Labute approximate surface area is 127 Å². The van der Waals surface area contributed by atoms with Crippen LogP contribution >= 0.6 is 15.9 Å². The van der Waals surface area contributed by atoms with E-state index >= 15 is 0 Å². The molecule has 0 unspecified atom stereocenters. The summed E-state index contributed by atoms with van der Waals surface area (Å²) in [6.07, 6.45) is 0.0200. The fraction of sp³-hybridized carbons (Fsp3) is 0.417. The van der Waals surface area contributed by atoms with E-state index in [9.17, 15) is 13.2 Å². The Bertz CT molecular complexity index is 545. The Morgan fingerprint density at radius 3 is 2.50 bits per heavy atom. The molecule has 112 valence electrons. The number of rotatable bonds is 7. The van der Waals surface area contributed by atoms with E-state index in [1.54, 1.807) is 0 Å². The number of ether oxygens (including phenoxy) is 1. The molecule has 0 saturated heterocycles. The molecule has 1 aromatic carbocycles. The highest BCUT2D eigenvalue weighted by molar-refractivity contribution is 9.10. The summed E-state index contributed by atoms with van der Waals surface area (Å²) >= 11 is 3.31. The van der Waals surface area contributed by atoms with Gasteiger partial charge in [0, 0.05) is 24.6 Å². The minimum absolute atomic E-state index is 0.0200. The molecule has 0 spiro atoms. The molecule has 1 rings (SSSR count). The summed E-state index contributed by atoms with van der Waals surface area (Å²) < 4.78 is 32.8. The van der Waals surface area contributed by atoms with Gasteiger partial charge in [0.05, 0.1) is 13.5 Å². The summed E-state index contributed by atoms with van der Waals surface area (Å²) in [6, 6.07) is 7.32. The number of esters is 1. The maximum atomic E-state index is 11.9. The van der Waals surface area contributed by atoms with Crippen LogP contribution in [-0.2, 0) is 26.3 Å². The topological polar surface area (TPSA) is 75.7 Å². The molecule has 0 aromatic heterocycles. The van der Waals surface area contributed by atoms with Gasteiger partial charge in [-0.1, -0.05) is 28.1 Å². The molecule has 0 aliphatic carbocycles. The lowest BCUT2D eigenvalue weighted by atomic mass is 10.2. The first-order valence-electron chi connectivity index (χ1n) is 5.87. The molecule has 1 aromatic rings. The summed E-state index contributed by atoms with van der Waals surface area (Å²) in [5.74, 6) is -0.444. The highest BCUT2D eigenvalue weighted by atomic mass is 79.9. The second kappa shape index (κ2) is 7.72. The van der Waals surface area contributed by atoms with Crippen LogP contribution in [0.3, 0.4) is 0 Å². The lowest BCUT2D eigenvalue weighted by molar-refractivity contribution is -0.140. The molecular formula is C12H17BrN2O4S. The van der Waals surface area contributed by atoms with Crippen molar-refractivity contribution in [2.45, 2.75) is 13.0 Å². The van der Waals surface area contributed by atoms with E-state index in [1.165, 1.54) is 14.2 Å². The minimum atomic E-state index is -3.61. The van der Waals surface area contributed by atoms with Crippen molar-refractivity contribution >= 4 is 32.1 Å². The number of nitrogens with one attached hydrogen (secondary N) is 1. The van der Waals surface area contributed by atoms with Crippen molar-refractivity contribution in [1.29, 1.82) is 0 Å². The lowest BCUT2D eigenvalue weighted by Crippen LogP contribution is -2.38. The van der Waals surface area contributed by atoms with Crippen molar-refractivity contribution in [3.63, 3.8) is 0 Å². The van der Waals surface area contributed by atoms with E-state index in [0.29, 0.717) is 0 Å². The zero-order valence-electron chi connectivity index (χ0n) is 11.3. The third-order valence-electron chi connectivity index (χ3n) is 2.64. The molecule has 0 bridgehead atoms. The normalized spacial score (nSPS) is 11.6. The van der Waals surface area contributed by atoms with E-state index < -0.39 is 16.2 Å². The summed E-state index contributed by atoms with van der Waals surface area (Å²) in [5.41, 5.74) is 0.846. The number of hydrogen-bond donors (Lipinski definition) is 1. The molecule has 0 radical (unpaired) electrons. The first kappa shape index (κ1) is 17.1. The third-order valence-corrected chi connectivity index (χ3v) is 4.68. The van der Waals surface area contributed by atoms with Crippen molar-refractivity contribution in [2.75, 3.05) is 20.7 Å². The van der Waals surface area contributed by atoms with Crippen LogP contribution in [0.5, 0.6) is 0 Å².